The van der Waals surface area contributed by atoms with Crippen LogP contribution in [0.3, 0.4) is 0 Å². The largest absolute Gasteiger partial charge is 0.388 e. The number of aliphatic hydroxyl groups excluding tert-OH is 1. The van der Waals surface area contributed by atoms with E-state index < -0.39 is 6.10 Å². The van der Waals surface area contributed by atoms with Crippen molar-refractivity contribution in [2.24, 2.45) is 11.1 Å². The van der Waals surface area contributed by atoms with Gasteiger partial charge < -0.3 is 10.8 Å². The van der Waals surface area contributed by atoms with E-state index in [-0.39, 0.29) is 5.41 Å². The van der Waals surface area contributed by atoms with Crippen molar-refractivity contribution >= 4 is 0 Å². The highest BCUT2D eigenvalue weighted by Crippen LogP contribution is 2.46. The van der Waals surface area contributed by atoms with Crippen LogP contribution in [0.4, 0.5) is 0 Å². The highest BCUT2D eigenvalue weighted by atomic mass is 16.3. The molecule has 0 aliphatic heterocycles. The van der Waals surface area contributed by atoms with E-state index in [0.717, 1.165) is 18.4 Å². The van der Waals surface area contributed by atoms with E-state index in [4.69, 9.17) is 5.73 Å². The van der Waals surface area contributed by atoms with Crippen LogP contribution < -0.4 is 5.73 Å². The topological polar surface area (TPSA) is 46.2 Å². The zero-order chi connectivity index (χ0) is 11.6. The van der Waals surface area contributed by atoms with Gasteiger partial charge >= 0.3 is 0 Å². The van der Waals surface area contributed by atoms with Crippen molar-refractivity contribution < 1.29 is 5.11 Å². The van der Waals surface area contributed by atoms with Crippen LogP contribution in [0.5, 0.6) is 0 Å². The second-order valence-electron chi connectivity index (χ2n) is 5.09. The van der Waals surface area contributed by atoms with Crippen LogP contribution in [0.1, 0.15) is 42.9 Å². The first-order valence-electron chi connectivity index (χ1n) is 6.13. The fourth-order valence-corrected chi connectivity index (χ4v) is 2.86. The standard InChI is InChI=1S/C14H21NO/c1-11-5-4-6-12(9-11)13(16)14(10-15)7-2-3-8-14/h4-6,9,13,16H,2-3,7-8,10,15H2,1H3. The van der Waals surface area contributed by atoms with Crippen molar-refractivity contribution in [1.82, 2.24) is 0 Å². The predicted octanol–water partition coefficient (Wildman–Crippen LogP) is 2.55. The van der Waals surface area contributed by atoms with E-state index in [2.05, 4.69) is 19.1 Å². The van der Waals surface area contributed by atoms with Crippen molar-refractivity contribution in [2.75, 3.05) is 6.54 Å². The highest BCUT2D eigenvalue weighted by molar-refractivity contribution is 5.26. The maximum atomic E-state index is 10.5. The molecular formula is C14H21NO. The zero-order valence-electron chi connectivity index (χ0n) is 9.95. The Morgan fingerprint density at radius 1 is 1.38 bits per heavy atom. The van der Waals surface area contributed by atoms with Crippen LogP contribution in [0.2, 0.25) is 0 Å². The molecule has 1 fully saturated rings. The molecule has 1 atom stereocenters. The number of benzene rings is 1. The molecule has 0 amide bonds. The Morgan fingerprint density at radius 3 is 2.62 bits per heavy atom. The Labute approximate surface area is 97.5 Å². The Hall–Kier alpha value is -0.860. The number of hydrogen-bond donors (Lipinski definition) is 2. The summed E-state index contributed by atoms with van der Waals surface area (Å²) in [6.45, 7) is 2.64. The third-order valence-electron chi connectivity index (χ3n) is 3.94. The van der Waals surface area contributed by atoms with Crippen LogP contribution in [0, 0.1) is 12.3 Å². The molecule has 2 heteroatoms. The van der Waals surface area contributed by atoms with Crippen molar-refractivity contribution in [1.29, 1.82) is 0 Å². The first-order valence-corrected chi connectivity index (χ1v) is 6.13. The summed E-state index contributed by atoms with van der Waals surface area (Å²) in [4.78, 5) is 0. The first-order chi connectivity index (χ1) is 7.68. The molecule has 0 heterocycles. The van der Waals surface area contributed by atoms with Crippen LogP contribution in [-0.4, -0.2) is 11.7 Å². The third-order valence-corrected chi connectivity index (χ3v) is 3.94. The van der Waals surface area contributed by atoms with Gasteiger partial charge in [0.05, 0.1) is 6.10 Å². The SMILES string of the molecule is Cc1cccc(C(O)C2(CN)CCCC2)c1. The number of nitrogens with two attached hydrogens (primary N) is 1. The molecule has 1 aromatic carbocycles. The number of rotatable bonds is 3. The Balaban J connectivity index is 2.26. The summed E-state index contributed by atoms with van der Waals surface area (Å²) in [6.07, 6.45) is 4.09. The van der Waals surface area contributed by atoms with Gasteiger partial charge in [0.2, 0.25) is 0 Å². The van der Waals surface area contributed by atoms with Gasteiger partial charge in [0.15, 0.2) is 0 Å². The normalized spacial score (nSPS) is 20.9. The van der Waals surface area contributed by atoms with E-state index in [0.29, 0.717) is 6.54 Å². The summed E-state index contributed by atoms with van der Waals surface area (Å²) in [7, 11) is 0. The van der Waals surface area contributed by atoms with Crippen molar-refractivity contribution in [3.05, 3.63) is 35.4 Å². The summed E-state index contributed by atoms with van der Waals surface area (Å²) in [5.74, 6) is 0. The van der Waals surface area contributed by atoms with Gasteiger partial charge in [0.25, 0.3) is 0 Å². The molecule has 2 nitrogen and oxygen atoms in total. The molecule has 1 aliphatic rings. The molecule has 0 spiro atoms. The molecule has 0 saturated heterocycles. The molecule has 2 rings (SSSR count). The number of aryl methyl sites for hydroxylation is 1. The second kappa shape index (κ2) is 4.56. The Bertz CT molecular complexity index is 356. The molecule has 1 aliphatic carbocycles. The first kappa shape index (κ1) is 11.6. The maximum absolute atomic E-state index is 10.5. The average Bonchev–Trinajstić information content (AvgIpc) is 2.78. The van der Waals surface area contributed by atoms with Crippen molar-refractivity contribution in [2.45, 2.75) is 38.7 Å². The minimum atomic E-state index is -0.403. The van der Waals surface area contributed by atoms with Gasteiger partial charge in [-0.25, -0.2) is 0 Å². The highest BCUT2D eigenvalue weighted by Gasteiger charge is 2.39. The molecule has 0 bridgehead atoms. The average molecular weight is 219 g/mol. The Morgan fingerprint density at radius 2 is 2.06 bits per heavy atom. The summed E-state index contributed by atoms with van der Waals surface area (Å²) in [6, 6.07) is 8.14. The van der Waals surface area contributed by atoms with Gasteiger partial charge in [0, 0.05) is 12.0 Å². The van der Waals surface area contributed by atoms with E-state index in [1.165, 1.54) is 18.4 Å². The smallest absolute Gasteiger partial charge is 0.0858 e. The number of aliphatic hydroxyl groups is 1. The lowest BCUT2D eigenvalue weighted by Crippen LogP contribution is -2.34. The lowest BCUT2D eigenvalue weighted by molar-refractivity contribution is 0.0333. The summed E-state index contributed by atoms with van der Waals surface area (Å²) >= 11 is 0. The molecule has 3 N–H and O–H groups in total. The molecule has 88 valence electrons. The van der Waals surface area contributed by atoms with Crippen LogP contribution in [0.15, 0.2) is 24.3 Å². The molecular weight excluding hydrogens is 198 g/mol. The van der Waals surface area contributed by atoms with Gasteiger partial charge in [-0.3, -0.25) is 0 Å². The zero-order valence-corrected chi connectivity index (χ0v) is 9.95. The second-order valence-corrected chi connectivity index (χ2v) is 5.09. The molecule has 0 aromatic heterocycles. The van der Waals surface area contributed by atoms with Gasteiger partial charge in [-0.1, -0.05) is 42.7 Å². The van der Waals surface area contributed by atoms with Crippen LogP contribution in [-0.2, 0) is 0 Å². The van der Waals surface area contributed by atoms with Crippen molar-refractivity contribution in [3.63, 3.8) is 0 Å². The third kappa shape index (κ3) is 2.00. The summed E-state index contributed by atoms with van der Waals surface area (Å²) in [5, 5.41) is 10.5. The van der Waals surface area contributed by atoms with E-state index in [1.807, 2.05) is 12.1 Å². The lowest BCUT2D eigenvalue weighted by Gasteiger charge is -2.33. The van der Waals surface area contributed by atoms with E-state index >= 15 is 0 Å². The van der Waals surface area contributed by atoms with Gasteiger partial charge in [-0.2, -0.15) is 0 Å². The minimum absolute atomic E-state index is 0.0756. The minimum Gasteiger partial charge on any atom is -0.388 e. The van der Waals surface area contributed by atoms with E-state index in [1.54, 1.807) is 0 Å². The summed E-state index contributed by atoms with van der Waals surface area (Å²) in [5.41, 5.74) is 8.03. The molecule has 0 radical (unpaired) electrons. The van der Waals surface area contributed by atoms with Gasteiger partial charge in [-0.05, 0) is 25.3 Å². The van der Waals surface area contributed by atoms with Gasteiger partial charge in [0.1, 0.15) is 0 Å². The fourth-order valence-electron chi connectivity index (χ4n) is 2.86. The van der Waals surface area contributed by atoms with Crippen LogP contribution >= 0.6 is 0 Å². The monoisotopic (exact) mass is 219 g/mol. The fraction of sp³-hybridized carbons (Fsp3) is 0.571. The maximum Gasteiger partial charge on any atom is 0.0858 e. The molecule has 1 saturated carbocycles. The summed E-state index contributed by atoms with van der Waals surface area (Å²) < 4.78 is 0. The van der Waals surface area contributed by atoms with E-state index in [9.17, 15) is 5.11 Å². The predicted molar refractivity (Wildman–Crippen MR) is 66.1 cm³/mol. The van der Waals surface area contributed by atoms with Crippen molar-refractivity contribution in [3.8, 4) is 0 Å². The molecule has 1 unspecified atom stereocenters. The van der Waals surface area contributed by atoms with Gasteiger partial charge in [-0.15, -0.1) is 0 Å². The lowest BCUT2D eigenvalue weighted by atomic mass is 9.77. The Kier molecular flexibility index (Phi) is 3.31. The quantitative estimate of drug-likeness (QED) is 0.820. The molecule has 1 aromatic rings. The molecule has 16 heavy (non-hydrogen) atoms. The number of hydrogen-bond acceptors (Lipinski definition) is 2. The van der Waals surface area contributed by atoms with Crippen LogP contribution in [0.25, 0.3) is 0 Å².